The van der Waals surface area contributed by atoms with Crippen molar-refractivity contribution >= 4 is 5.91 Å². The number of H-pyrrole nitrogens is 1. The van der Waals surface area contributed by atoms with Crippen molar-refractivity contribution in [3.63, 3.8) is 0 Å². The van der Waals surface area contributed by atoms with Crippen LogP contribution in [0.15, 0.2) is 12.3 Å². The van der Waals surface area contributed by atoms with E-state index in [1.807, 2.05) is 21.8 Å². The first-order chi connectivity index (χ1) is 12.5. The van der Waals surface area contributed by atoms with Crippen LogP contribution in [0.25, 0.3) is 0 Å². The zero-order valence-electron chi connectivity index (χ0n) is 16.1. The van der Waals surface area contributed by atoms with Gasteiger partial charge in [0.1, 0.15) is 5.69 Å². The molecule has 0 aromatic carbocycles. The average Bonchev–Trinajstić information content (AvgIpc) is 3.24. The van der Waals surface area contributed by atoms with Crippen LogP contribution in [-0.4, -0.2) is 49.1 Å². The summed E-state index contributed by atoms with van der Waals surface area (Å²) in [6.45, 7) is 8.87. The predicted molar refractivity (Wildman–Crippen MR) is 99.8 cm³/mol. The number of amides is 1. The van der Waals surface area contributed by atoms with E-state index in [-0.39, 0.29) is 5.91 Å². The molecule has 3 rings (SSSR count). The summed E-state index contributed by atoms with van der Waals surface area (Å²) in [7, 11) is 0. The maximum atomic E-state index is 12.7. The van der Waals surface area contributed by atoms with E-state index in [1.54, 1.807) is 0 Å². The Kier molecular flexibility index (Phi) is 6.06. The van der Waals surface area contributed by atoms with Gasteiger partial charge in [-0.15, -0.1) is 5.10 Å². The van der Waals surface area contributed by atoms with Crippen LogP contribution < -0.4 is 0 Å². The van der Waals surface area contributed by atoms with Crippen LogP contribution in [0.1, 0.15) is 61.9 Å². The Bertz CT molecular complexity index is 719. The van der Waals surface area contributed by atoms with E-state index in [0.717, 1.165) is 63.1 Å². The summed E-state index contributed by atoms with van der Waals surface area (Å²) in [5.74, 6) is 1.03. The lowest BCUT2D eigenvalue weighted by molar-refractivity contribution is 0.0653. The first-order valence-corrected chi connectivity index (χ1v) is 9.77. The normalized spacial score (nSPS) is 17.8. The lowest BCUT2D eigenvalue weighted by Crippen LogP contribution is -2.41. The molecule has 7 nitrogen and oxygen atoms in total. The molecular formula is C19H30N6O. The van der Waals surface area contributed by atoms with E-state index in [1.165, 1.54) is 0 Å². The number of nitrogens with zero attached hydrogens (tertiary/aromatic N) is 5. The SMILES string of the molecule is CCCc1cc(C(=O)N2CCC[C@H](Cn3cc(CC(C)C)nn3)C2)n[nH]1. The van der Waals surface area contributed by atoms with Gasteiger partial charge in [-0.1, -0.05) is 32.4 Å². The molecule has 1 N–H and O–H groups in total. The Morgan fingerprint density at radius 2 is 2.27 bits per heavy atom. The minimum atomic E-state index is 0.0346. The molecule has 7 heteroatoms. The first-order valence-electron chi connectivity index (χ1n) is 9.77. The van der Waals surface area contributed by atoms with Crippen LogP contribution in [-0.2, 0) is 19.4 Å². The summed E-state index contributed by atoms with van der Waals surface area (Å²) in [5.41, 5.74) is 2.61. The fourth-order valence-corrected chi connectivity index (χ4v) is 3.63. The number of carbonyl (C=O) groups excluding carboxylic acids is 1. The fraction of sp³-hybridized carbons (Fsp3) is 0.684. The van der Waals surface area contributed by atoms with E-state index < -0.39 is 0 Å². The van der Waals surface area contributed by atoms with Crippen molar-refractivity contribution in [2.24, 2.45) is 11.8 Å². The van der Waals surface area contributed by atoms with Crippen LogP contribution in [0.5, 0.6) is 0 Å². The molecule has 2 aromatic heterocycles. The largest absolute Gasteiger partial charge is 0.337 e. The molecular weight excluding hydrogens is 328 g/mol. The third kappa shape index (κ3) is 4.71. The van der Waals surface area contributed by atoms with Gasteiger partial charge in [-0.25, -0.2) is 0 Å². The first kappa shape index (κ1) is 18.6. The smallest absolute Gasteiger partial charge is 0.274 e. The number of aromatic nitrogens is 5. The van der Waals surface area contributed by atoms with Crippen molar-refractivity contribution < 1.29 is 4.79 Å². The molecule has 0 unspecified atom stereocenters. The van der Waals surface area contributed by atoms with E-state index in [2.05, 4.69) is 41.3 Å². The second kappa shape index (κ2) is 8.47. The number of hydrogen-bond donors (Lipinski definition) is 1. The second-order valence-electron chi connectivity index (χ2n) is 7.82. The Balaban J connectivity index is 1.58. The van der Waals surface area contributed by atoms with Gasteiger partial charge in [0.2, 0.25) is 0 Å². The van der Waals surface area contributed by atoms with E-state index in [9.17, 15) is 4.79 Å². The summed E-state index contributed by atoms with van der Waals surface area (Å²) in [5, 5.41) is 15.7. The Morgan fingerprint density at radius 1 is 1.42 bits per heavy atom. The van der Waals surface area contributed by atoms with Crippen molar-refractivity contribution in [1.82, 2.24) is 30.1 Å². The lowest BCUT2D eigenvalue weighted by Gasteiger charge is -2.32. The molecule has 142 valence electrons. The zero-order valence-corrected chi connectivity index (χ0v) is 16.1. The summed E-state index contributed by atoms with van der Waals surface area (Å²) in [6.07, 6.45) is 7.10. The highest BCUT2D eigenvalue weighted by Crippen LogP contribution is 2.20. The van der Waals surface area contributed by atoms with Gasteiger partial charge in [-0.2, -0.15) is 5.10 Å². The molecule has 0 aliphatic carbocycles. The Labute approximate surface area is 155 Å². The molecule has 2 aromatic rings. The minimum absolute atomic E-state index is 0.0346. The van der Waals surface area contributed by atoms with Gasteiger partial charge in [0.15, 0.2) is 0 Å². The number of hydrogen-bond acceptors (Lipinski definition) is 4. The molecule has 26 heavy (non-hydrogen) atoms. The summed E-state index contributed by atoms with van der Waals surface area (Å²) in [4.78, 5) is 14.7. The van der Waals surface area contributed by atoms with E-state index in [4.69, 9.17) is 0 Å². The molecule has 1 aliphatic rings. The number of piperidine rings is 1. The highest BCUT2D eigenvalue weighted by Gasteiger charge is 2.26. The van der Waals surface area contributed by atoms with Gasteiger partial charge in [0.25, 0.3) is 5.91 Å². The number of aromatic amines is 1. The molecule has 1 amide bonds. The van der Waals surface area contributed by atoms with Gasteiger partial charge < -0.3 is 4.90 Å². The summed E-state index contributed by atoms with van der Waals surface area (Å²) < 4.78 is 1.93. The number of rotatable bonds is 7. The van der Waals surface area contributed by atoms with Crippen LogP contribution >= 0.6 is 0 Å². The predicted octanol–water partition coefficient (Wildman–Crippen LogP) is 2.70. The highest BCUT2D eigenvalue weighted by atomic mass is 16.2. The third-order valence-corrected chi connectivity index (χ3v) is 4.82. The molecule has 0 spiro atoms. The number of carbonyl (C=O) groups is 1. The van der Waals surface area contributed by atoms with Gasteiger partial charge >= 0.3 is 0 Å². The molecule has 1 fully saturated rings. The maximum Gasteiger partial charge on any atom is 0.274 e. The monoisotopic (exact) mass is 358 g/mol. The zero-order chi connectivity index (χ0) is 18.5. The van der Waals surface area contributed by atoms with Crippen molar-refractivity contribution in [3.05, 3.63) is 29.3 Å². The van der Waals surface area contributed by atoms with Crippen molar-refractivity contribution in [1.29, 1.82) is 0 Å². The van der Waals surface area contributed by atoms with Gasteiger partial charge in [-0.3, -0.25) is 14.6 Å². The van der Waals surface area contributed by atoms with Crippen molar-refractivity contribution in [2.75, 3.05) is 13.1 Å². The van der Waals surface area contributed by atoms with Gasteiger partial charge in [0, 0.05) is 31.5 Å². The summed E-state index contributed by atoms with van der Waals surface area (Å²) >= 11 is 0. The quantitative estimate of drug-likeness (QED) is 0.825. The topological polar surface area (TPSA) is 79.7 Å². The summed E-state index contributed by atoms with van der Waals surface area (Å²) in [6, 6.07) is 1.89. The fourth-order valence-electron chi connectivity index (χ4n) is 3.63. The maximum absolute atomic E-state index is 12.7. The Morgan fingerprint density at radius 3 is 3.04 bits per heavy atom. The van der Waals surface area contributed by atoms with Crippen molar-refractivity contribution in [2.45, 2.75) is 59.4 Å². The molecule has 1 saturated heterocycles. The van der Waals surface area contributed by atoms with Crippen molar-refractivity contribution in [3.8, 4) is 0 Å². The lowest BCUT2D eigenvalue weighted by atomic mass is 9.97. The van der Waals surface area contributed by atoms with Crippen LogP contribution in [0, 0.1) is 11.8 Å². The molecule has 1 atom stereocenters. The van der Waals surface area contributed by atoms with Gasteiger partial charge in [-0.05, 0) is 43.6 Å². The third-order valence-electron chi connectivity index (χ3n) is 4.82. The van der Waals surface area contributed by atoms with Crippen LogP contribution in [0.3, 0.4) is 0 Å². The number of nitrogens with one attached hydrogen (secondary N) is 1. The average molecular weight is 358 g/mol. The van der Waals surface area contributed by atoms with E-state index >= 15 is 0 Å². The molecule has 3 heterocycles. The number of aryl methyl sites for hydroxylation is 1. The minimum Gasteiger partial charge on any atom is -0.337 e. The standard InChI is InChI=1S/C19H30N6O/c1-4-6-16-10-18(22-20-16)19(26)24-8-5-7-15(11-24)12-25-13-17(21-23-25)9-14(2)3/h10,13-15H,4-9,11-12H2,1-3H3,(H,20,22)/t15-/m0/s1. The molecule has 0 saturated carbocycles. The molecule has 1 aliphatic heterocycles. The number of likely N-dealkylation sites (tertiary alicyclic amines) is 1. The molecule has 0 radical (unpaired) electrons. The highest BCUT2D eigenvalue weighted by molar-refractivity contribution is 5.92. The molecule has 0 bridgehead atoms. The second-order valence-corrected chi connectivity index (χ2v) is 7.82. The Hall–Kier alpha value is -2.18. The van der Waals surface area contributed by atoms with E-state index in [0.29, 0.717) is 17.5 Å². The van der Waals surface area contributed by atoms with Crippen LogP contribution in [0.2, 0.25) is 0 Å². The van der Waals surface area contributed by atoms with Gasteiger partial charge in [0.05, 0.1) is 5.69 Å². The van der Waals surface area contributed by atoms with Crippen LogP contribution in [0.4, 0.5) is 0 Å².